The molecular formula is C10H19O4P. The fourth-order valence-electron chi connectivity index (χ4n) is 1.39. The first-order valence-corrected chi connectivity index (χ1v) is 6.75. The zero-order valence-corrected chi connectivity index (χ0v) is 10.7. The van der Waals surface area contributed by atoms with E-state index >= 15 is 0 Å². The van der Waals surface area contributed by atoms with Gasteiger partial charge in [0.25, 0.3) is 0 Å². The molecule has 88 valence electrons. The third-order valence-corrected chi connectivity index (χ3v) is 4.63. The monoisotopic (exact) mass is 234 g/mol. The van der Waals surface area contributed by atoms with Gasteiger partial charge in [0, 0.05) is 11.8 Å². The Bertz CT molecular complexity index is 284. The van der Waals surface area contributed by atoms with E-state index < -0.39 is 7.60 Å². The Balaban J connectivity index is 2.62. The molecule has 4 nitrogen and oxygen atoms in total. The van der Waals surface area contributed by atoms with Gasteiger partial charge < -0.3 is 13.8 Å². The Morgan fingerprint density at radius 3 is 2.27 bits per heavy atom. The summed E-state index contributed by atoms with van der Waals surface area (Å²) in [6.07, 6.45) is 0.248. The molecule has 0 aromatic heterocycles. The van der Waals surface area contributed by atoms with E-state index in [2.05, 4.69) is 0 Å². The standard InChI is InChI=1S/C10H19O4P/c1-8(11)5-9(2)15(12)13-6-10(3,4)7-14-15/h9H,5-7H2,1-4H3. The van der Waals surface area contributed by atoms with Crippen molar-refractivity contribution < 1.29 is 18.4 Å². The average molecular weight is 234 g/mol. The Kier molecular flexibility index (Phi) is 3.75. The molecule has 0 bridgehead atoms. The molecule has 0 radical (unpaired) electrons. The summed E-state index contributed by atoms with van der Waals surface area (Å²) < 4.78 is 22.8. The second-order valence-corrected chi connectivity index (χ2v) is 7.48. The van der Waals surface area contributed by atoms with Crippen LogP contribution in [0.2, 0.25) is 0 Å². The molecule has 0 aromatic carbocycles. The first-order valence-electron chi connectivity index (χ1n) is 5.13. The molecule has 1 rings (SSSR count). The van der Waals surface area contributed by atoms with Crippen LogP contribution in [0.5, 0.6) is 0 Å². The minimum Gasteiger partial charge on any atom is -0.308 e. The highest BCUT2D eigenvalue weighted by atomic mass is 31.2. The van der Waals surface area contributed by atoms with E-state index in [-0.39, 0.29) is 23.3 Å². The minimum absolute atomic E-state index is 0.00904. The summed E-state index contributed by atoms with van der Waals surface area (Å²) in [5.74, 6) is 0.00904. The van der Waals surface area contributed by atoms with Crippen LogP contribution in [0.15, 0.2) is 0 Å². The molecule has 0 saturated carbocycles. The molecule has 5 heteroatoms. The maximum Gasteiger partial charge on any atom is 0.333 e. The van der Waals surface area contributed by atoms with Crippen molar-refractivity contribution in [3.63, 3.8) is 0 Å². The largest absolute Gasteiger partial charge is 0.333 e. The topological polar surface area (TPSA) is 52.6 Å². The third kappa shape index (κ3) is 3.40. The van der Waals surface area contributed by atoms with E-state index in [4.69, 9.17) is 9.05 Å². The van der Waals surface area contributed by atoms with Gasteiger partial charge in [-0.3, -0.25) is 4.57 Å². The predicted molar refractivity (Wildman–Crippen MR) is 58.1 cm³/mol. The zero-order valence-electron chi connectivity index (χ0n) is 9.78. The van der Waals surface area contributed by atoms with Gasteiger partial charge in [-0.25, -0.2) is 0 Å². The summed E-state index contributed by atoms with van der Waals surface area (Å²) in [5, 5.41) is 0. The molecule has 15 heavy (non-hydrogen) atoms. The van der Waals surface area contributed by atoms with Crippen molar-refractivity contribution in [3.05, 3.63) is 0 Å². The van der Waals surface area contributed by atoms with Gasteiger partial charge in [0.1, 0.15) is 5.78 Å². The summed E-state index contributed by atoms with van der Waals surface area (Å²) >= 11 is 0. The molecular weight excluding hydrogens is 215 g/mol. The van der Waals surface area contributed by atoms with Crippen LogP contribution in [-0.2, 0) is 18.4 Å². The highest BCUT2D eigenvalue weighted by molar-refractivity contribution is 7.54. The van der Waals surface area contributed by atoms with Gasteiger partial charge in [-0.05, 0) is 6.92 Å². The molecule has 0 aliphatic carbocycles. The lowest BCUT2D eigenvalue weighted by molar-refractivity contribution is -0.117. The van der Waals surface area contributed by atoms with Crippen LogP contribution >= 0.6 is 7.60 Å². The fourth-order valence-corrected chi connectivity index (χ4v) is 3.51. The first kappa shape index (κ1) is 12.9. The molecule has 1 aliphatic heterocycles. The smallest absolute Gasteiger partial charge is 0.308 e. The second-order valence-electron chi connectivity index (χ2n) is 5.01. The Morgan fingerprint density at radius 1 is 1.40 bits per heavy atom. The van der Waals surface area contributed by atoms with Gasteiger partial charge >= 0.3 is 7.60 Å². The quantitative estimate of drug-likeness (QED) is 0.704. The summed E-state index contributed by atoms with van der Waals surface area (Å²) in [7, 11) is -3.06. The van der Waals surface area contributed by atoms with Crippen molar-refractivity contribution in [3.8, 4) is 0 Å². The molecule has 1 fully saturated rings. The first-order chi connectivity index (χ1) is 6.75. The summed E-state index contributed by atoms with van der Waals surface area (Å²) in [6.45, 7) is 8.05. The van der Waals surface area contributed by atoms with Crippen LogP contribution in [0.1, 0.15) is 34.1 Å². The SMILES string of the molecule is CC(=O)CC(C)P1(=O)OCC(C)(C)CO1. The molecule has 1 aliphatic rings. The molecule has 1 saturated heterocycles. The van der Waals surface area contributed by atoms with E-state index in [1.54, 1.807) is 6.92 Å². The number of hydrogen-bond donors (Lipinski definition) is 0. The van der Waals surface area contributed by atoms with E-state index in [1.807, 2.05) is 13.8 Å². The highest BCUT2D eigenvalue weighted by Gasteiger charge is 2.40. The van der Waals surface area contributed by atoms with E-state index in [9.17, 15) is 9.36 Å². The Hall–Kier alpha value is -0.180. The molecule has 0 N–H and O–H groups in total. The van der Waals surface area contributed by atoms with Crippen molar-refractivity contribution in [2.24, 2.45) is 5.41 Å². The zero-order chi connectivity index (χ0) is 11.7. The summed E-state index contributed by atoms with van der Waals surface area (Å²) in [4.78, 5) is 10.9. The van der Waals surface area contributed by atoms with Crippen molar-refractivity contribution >= 4 is 13.4 Å². The number of ketones is 1. The average Bonchev–Trinajstić information content (AvgIpc) is 2.09. The number of hydrogen-bond acceptors (Lipinski definition) is 4. The molecule has 0 aromatic rings. The van der Waals surface area contributed by atoms with Gasteiger partial charge in [0.05, 0.1) is 18.9 Å². The third-order valence-electron chi connectivity index (χ3n) is 2.39. The lowest BCUT2D eigenvalue weighted by atomic mass is 9.97. The number of carbonyl (C=O) groups excluding carboxylic acids is 1. The maximum absolute atomic E-state index is 12.2. The van der Waals surface area contributed by atoms with Gasteiger partial charge in [0.2, 0.25) is 0 Å². The molecule has 1 unspecified atom stereocenters. The Labute approximate surface area is 90.9 Å². The molecule has 0 spiro atoms. The van der Waals surface area contributed by atoms with Crippen LogP contribution in [-0.4, -0.2) is 24.7 Å². The lowest BCUT2D eigenvalue weighted by Crippen LogP contribution is -2.31. The second kappa shape index (κ2) is 4.36. The molecule has 0 amide bonds. The fraction of sp³-hybridized carbons (Fsp3) is 0.900. The van der Waals surface area contributed by atoms with E-state index in [0.29, 0.717) is 13.2 Å². The molecule has 1 heterocycles. The van der Waals surface area contributed by atoms with E-state index in [1.165, 1.54) is 6.92 Å². The molecule has 1 atom stereocenters. The van der Waals surface area contributed by atoms with E-state index in [0.717, 1.165) is 0 Å². The normalized spacial score (nSPS) is 25.9. The number of rotatable bonds is 3. The van der Waals surface area contributed by atoms with Crippen LogP contribution in [0, 0.1) is 5.41 Å². The van der Waals surface area contributed by atoms with Gasteiger partial charge in [-0.2, -0.15) is 0 Å². The van der Waals surface area contributed by atoms with Crippen LogP contribution in [0.4, 0.5) is 0 Å². The lowest BCUT2D eigenvalue weighted by Gasteiger charge is -2.36. The van der Waals surface area contributed by atoms with Crippen molar-refractivity contribution in [2.45, 2.75) is 39.8 Å². The van der Waals surface area contributed by atoms with Gasteiger partial charge in [0.15, 0.2) is 0 Å². The maximum atomic E-state index is 12.2. The predicted octanol–water partition coefficient (Wildman–Crippen LogP) is 2.62. The highest BCUT2D eigenvalue weighted by Crippen LogP contribution is 2.58. The summed E-state index contributed by atoms with van der Waals surface area (Å²) in [6, 6.07) is 0. The van der Waals surface area contributed by atoms with Gasteiger partial charge in [-0.1, -0.05) is 20.8 Å². The van der Waals surface area contributed by atoms with Crippen molar-refractivity contribution in [1.82, 2.24) is 0 Å². The minimum atomic E-state index is -3.06. The number of carbonyl (C=O) groups is 1. The summed E-state index contributed by atoms with van der Waals surface area (Å²) in [5.41, 5.74) is -0.435. The van der Waals surface area contributed by atoms with Crippen molar-refractivity contribution in [1.29, 1.82) is 0 Å². The number of Topliss-reactive ketones (excluding diaryl/α,β-unsaturated/α-hetero) is 1. The van der Waals surface area contributed by atoms with Crippen LogP contribution < -0.4 is 0 Å². The van der Waals surface area contributed by atoms with Crippen LogP contribution in [0.25, 0.3) is 0 Å². The Morgan fingerprint density at radius 2 is 1.87 bits per heavy atom. The van der Waals surface area contributed by atoms with Crippen LogP contribution in [0.3, 0.4) is 0 Å². The van der Waals surface area contributed by atoms with Crippen molar-refractivity contribution in [2.75, 3.05) is 13.2 Å². The van der Waals surface area contributed by atoms with Gasteiger partial charge in [-0.15, -0.1) is 0 Å².